The molecule has 0 N–H and O–H groups in total. The zero-order valence-electron chi connectivity index (χ0n) is 10.2. The number of hydrogen-bond acceptors (Lipinski definition) is 5. The molecule has 0 saturated carbocycles. The van der Waals surface area contributed by atoms with Gasteiger partial charge in [-0.25, -0.2) is 0 Å². The molecule has 1 aromatic heterocycles. The Morgan fingerprint density at radius 3 is 2.59 bits per heavy atom. The lowest BCUT2D eigenvalue weighted by atomic mass is 10.2. The Kier molecular flexibility index (Phi) is 5.21. The Morgan fingerprint density at radius 1 is 1.35 bits per heavy atom. The molecule has 0 atom stereocenters. The van der Waals surface area contributed by atoms with E-state index in [4.69, 9.17) is 4.74 Å². The maximum absolute atomic E-state index is 11.6. The first kappa shape index (κ1) is 14.3. The van der Waals surface area contributed by atoms with Gasteiger partial charge in [0.05, 0.1) is 16.4 Å². The third-order valence-electron chi connectivity index (χ3n) is 1.67. The lowest BCUT2D eigenvalue weighted by molar-refractivity contribution is -0.151. The molecule has 1 rings (SSSR count). The second-order valence-electron chi connectivity index (χ2n) is 4.48. The molecule has 0 bridgehead atoms. The van der Waals surface area contributed by atoms with Crippen molar-refractivity contribution in [1.29, 1.82) is 0 Å². The second-order valence-corrected chi connectivity index (χ2v) is 6.41. The van der Waals surface area contributed by atoms with E-state index >= 15 is 0 Å². The van der Waals surface area contributed by atoms with E-state index in [1.54, 1.807) is 6.07 Å². The molecule has 5 heteroatoms. The van der Waals surface area contributed by atoms with Crippen molar-refractivity contribution in [1.82, 2.24) is 0 Å². The minimum Gasteiger partial charge on any atom is -0.459 e. The highest BCUT2D eigenvalue weighted by atomic mass is 32.2. The topological polar surface area (TPSA) is 43.4 Å². The van der Waals surface area contributed by atoms with Crippen molar-refractivity contribution in [2.45, 2.75) is 26.4 Å². The van der Waals surface area contributed by atoms with Gasteiger partial charge in [-0.05, 0) is 32.2 Å². The van der Waals surface area contributed by atoms with Crippen molar-refractivity contribution in [2.75, 3.05) is 11.5 Å². The largest absolute Gasteiger partial charge is 0.459 e. The van der Waals surface area contributed by atoms with Crippen molar-refractivity contribution in [3.05, 3.63) is 22.4 Å². The smallest absolute Gasteiger partial charge is 0.316 e. The van der Waals surface area contributed by atoms with Gasteiger partial charge >= 0.3 is 5.97 Å². The number of hydrogen-bond donors (Lipinski definition) is 0. The van der Waals surface area contributed by atoms with Gasteiger partial charge < -0.3 is 4.74 Å². The third-order valence-corrected chi connectivity index (χ3v) is 3.49. The number of rotatable bonds is 5. The zero-order chi connectivity index (χ0) is 12.9. The standard InChI is InChI=1S/C12H16O3S2/c1-12(2,3)15-11(14)8-16-7-9(13)10-5-4-6-17-10/h4-6H,7-8H2,1-3H3. The van der Waals surface area contributed by atoms with E-state index in [0.29, 0.717) is 5.75 Å². The van der Waals surface area contributed by atoms with E-state index in [9.17, 15) is 9.59 Å². The summed E-state index contributed by atoms with van der Waals surface area (Å²) in [6.45, 7) is 5.48. The average Bonchev–Trinajstić information content (AvgIpc) is 2.66. The molecule has 17 heavy (non-hydrogen) atoms. The van der Waals surface area contributed by atoms with Gasteiger partial charge in [-0.2, -0.15) is 0 Å². The maximum Gasteiger partial charge on any atom is 0.316 e. The van der Waals surface area contributed by atoms with E-state index in [2.05, 4.69) is 0 Å². The number of ketones is 1. The van der Waals surface area contributed by atoms with Crippen LogP contribution in [0.25, 0.3) is 0 Å². The van der Waals surface area contributed by atoms with Crippen LogP contribution in [0.15, 0.2) is 17.5 Å². The number of thioether (sulfide) groups is 1. The molecule has 1 aromatic rings. The Labute approximate surface area is 110 Å². The zero-order valence-corrected chi connectivity index (χ0v) is 11.8. The van der Waals surface area contributed by atoms with E-state index in [1.807, 2.05) is 32.2 Å². The summed E-state index contributed by atoms with van der Waals surface area (Å²) in [6, 6.07) is 3.64. The van der Waals surface area contributed by atoms with Crippen LogP contribution in [0.2, 0.25) is 0 Å². The Hall–Kier alpha value is -0.810. The van der Waals surface area contributed by atoms with Crippen molar-refractivity contribution in [2.24, 2.45) is 0 Å². The second kappa shape index (κ2) is 6.21. The number of thiophene rings is 1. The highest BCUT2D eigenvalue weighted by molar-refractivity contribution is 8.00. The van der Waals surface area contributed by atoms with Crippen molar-refractivity contribution in [3.63, 3.8) is 0 Å². The van der Waals surface area contributed by atoms with Gasteiger partial charge in [0.1, 0.15) is 5.60 Å². The molecule has 0 radical (unpaired) electrons. The lowest BCUT2D eigenvalue weighted by Crippen LogP contribution is -2.25. The van der Waals surface area contributed by atoms with Crippen LogP contribution in [0, 0.1) is 0 Å². The Bertz CT molecular complexity index is 377. The van der Waals surface area contributed by atoms with Gasteiger partial charge in [-0.15, -0.1) is 23.1 Å². The molecule has 0 aliphatic carbocycles. The summed E-state index contributed by atoms with van der Waals surface area (Å²) in [6.07, 6.45) is 0. The fourth-order valence-corrected chi connectivity index (χ4v) is 2.53. The van der Waals surface area contributed by atoms with Crippen LogP contribution in [0.3, 0.4) is 0 Å². The highest BCUT2D eigenvalue weighted by Gasteiger charge is 2.16. The molecule has 0 aromatic carbocycles. The Morgan fingerprint density at radius 2 is 2.06 bits per heavy atom. The van der Waals surface area contributed by atoms with E-state index in [-0.39, 0.29) is 17.5 Å². The summed E-state index contributed by atoms with van der Waals surface area (Å²) in [5.74, 6) is 0.323. The molecular weight excluding hydrogens is 256 g/mol. The maximum atomic E-state index is 11.6. The predicted molar refractivity (Wildman–Crippen MR) is 71.8 cm³/mol. The van der Waals surface area contributed by atoms with E-state index in [0.717, 1.165) is 4.88 Å². The molecule has 0 fully saturated rings. The predicted octanol–water partition coefficient (Wildman–Crippen LogP) is 3.01. The third kappa shape index (κ3) is 5.89. The average molecular weight is 272 g/mol. The van der Waals surface area contributed by atoms with E-state index in [1.165, 1.54) is 23.1 Å². The minimum absolute atomic E-state index is 0.0635. The molecule has 0 aliphatic heterocycles. The van der Waals surface area contributed by atoms with Gasteiger partial charge in [0.25, 0.3) is 0 Å². The van der Waals surface area contributed by atoms with Crippen LogP contribution in [0.4, 0.5) is 0 Å². The molecule has 3 nitrogen and oxygen atoms in total. The molecular formula is C12H16O3S2. The van der Waals surface area contributed by atoms with Crippen LogP contribution < -0.4 is 0 Å². The van der Waals surface area contributed by atoms with Crippen LogP contribution in [0.5, 0.6) is 0 Å². The monoisotopic (exact) mass is 272 g/mol. The highest BCUT2D eigenvalue weighted by Crippen LogP contribution is 2.14. The molecule has 0 aliphatic rings. The first-order valence-electron chi connectivity index (χ1n) is 5.25. The summed E-state index contributed by atoms with van der Waals surface area (Å²) in [5, 5.41) is 1.87. The number of carbonyl (C=O) groups is 2. The quantitative estimate of drug-likeness (QED) is 0.610. The summed E-state index contributed by atoms with van der Waals surface area (Å²) in [7, 11) is 0. The number of Topliss-reactive ketones (excluding diaryl/α,β-unsaturated/α-hetero) is 1. The summed E-state index contributed by atoms with van der Waals surface area (Å²) < 4.78 is 5.14. The number of carbonyl (C=O) groups excluding carboxylic acids is 2. The van der Waals surface area contributed by atoms with Crippen LogP contribution >= 0.6 is 23.1 Å². The van der Waals surface area contributed by atoms with Crippen molar-refractivity contribution in [3.8, 4) is 0 Å². The summed E-state index contributed by atoms with van der Waals surface area (Å²) in [4.78, 5) is 23.7. The minimum atomic E-state index is -0.463. The normalized spacial score (nSPS) is 11.2. The molecule has 0 unspecified atom stereocenters. The van der Waals surface area contributed by atoms with Gasteiger partial charge in [0.2, 0.25) is 0 Å². The first-order chi connectivity index (χ1) is 7.88. The van der Waals surface area contributed by atoms with Gasteiger partial charge in [0, 0.05) is 0 Å². The van der Waals surface area contributed by atoms with Crippen LogP contribution in [-0.4, -0.2) is 28.9 Å². The molecule has 0 spiro atoms. The lowest BCUT2D eigenvalue weighted by Gasteiger charge is -2.19. The number of ether oxygens (including phenoxy) is 1. The van der Waals surface area contributed by atoms with Crippen molar-refractivity contribution >= 4 is 34.9 Å². The SMILES string of the molecule is CC(C)(C)OC(=O)CSCC(=O)c1cccs1. The molecule has 94 valence electrons. The van der Waals surface area contributed by atoms with Crippen molar-refractivity contribution < 1.29 is 14.3 Å². The number of esters is 1. The summed E-state index contributed by atoms with van der Waals surface area (Å²) in [5.41, 5.74) is -0.463. The van der Waals surface area contributed by atoms with Crippen LogP contribution in [-0.2, 0) is 9.53 Å². The van der Waals surface area contributed by atoms with E-state index < -0.39 is 5.60 Å². The van der Waals surface area contributed by atoms with Crippen LogP contribution in [0.1, 0.15) is 30.4 Å². The molecule has 0 saturated heterocycles. The van der Waals surface area contributed by atoms with Gasteiger partial charge in [-0.1, -0.05) is 6.07 Å². The first-order valence-corrected chi connectivity index (χ1v) is 7.28. The van der Waals surface area contributed by atoms with Gasteiger partial charge in [0.15, 0.2) is 5.78 Å². The fraction of sp³-hybridized carbons (Fsp3) is 0.500. The summed E-state index contributed by atoms with van der Waals surface area (Å²) >= 11 is 2.71. The molecule has 1 heterocycles. The Balaban J connectivity index is 2.24. The fourth-order valence-electron chi connectivity index (χ4n) is 1.11. The molecule has 0 amide bonds. The van der Waals surface area contributed by atoms with Gasteiger partial charge in [-0.3, -0.25) is 9.59 Å².